The van der Waals surface area contributed by atoms with Gasteiger partial charge in [-0.2, -0.15) is 4.98 Å². The summed E-state index contributed by atoms with van der Waals surface area (Å²) in [4.78, 5) is 17.5. The van der Waals surface area contributed by atoms with Crippen molar-refractivity contribution >= 4 is 29.1 Å². The molecule has 110 valence electrons. The highest BCUT2D eigenvalue weighted by Gasteiger charge is 2.16. The molecule has 0 saturated heterocycles. The lowest BCUT2D eigenvalue weighted by molar-refractivity contribution is 0.102. The molecule has 0 aliphatic heterocycles. The zero-order valence-corrected chi connectivity index (χ0v) is 13.0. The second-order valence-corrected chi connectivity index (χ2v) is 5.93. The molecule has 0 unspecified atom stereocenters. The van der Waals surface area contributed by atoms with E-state index in [0.29, 0.717) is 22.2 Å². The highest BCUT2D eigenvalue weighted by Crippen LogP contribution is 2.21. The Bertz CT molecular complexity index is 772. The van der Waals surface area contributed by atoms with Crippen LogP contribution in [-0.4, -0.2) is 15.9 Å². The third kappa shape index (κ3) is 3.55. The molecule has 6 heteroatoms. The van der Waals surface area contributed by atoms with Crippen molar-refractivity contribution in [3.05, 3.63) is 76.9 Å². The van der Waals surface area contributed by atoms with E-state index in [2.05, 4.69) is 10.1 Å². The molecule has 0 saturated carbocycles. The summed E-state index contributed by atoms with van der Waals surface area (Å²) in [5, 5.41) is 4.32. The Hall–Kier alpha value is -2.11. The van der Waals surface area contributed by atoms with Crippen LogP contribution in [-0.2, 0) is 5.75 Å². The van der Waals surface area contributed by atoms with Crippen LogP contribution in [0.5, 0.6) is 0 Å². The first-order valence-corrected chi connectivity index (χ1v) is 7.89. The van der Waals surface area contributed by atoms with Crippen molar-refractivity contribution in [2.45, 2.75) is 10.6 Å². The van der Waals surface area contributed by atoms with E-state index in [9.17, 15) is 4.79 Å². The molecule has 3 rings (SSSR count). The largest absolute Gasteiger partial charge is 0.338 e. The van der Waals surface area contributed by atoms with Crippen molar-refractivity contribution in [3.8, 4) is 0 Å². The summed E-state index contributed by atoms with van der Waals surface area (Å²) in [7, 11) is 0. The molecular formula is C16H11ClN2O2S. The van der Waals surface area contributed by atoms with E-state index in [0.717, 1.165) is 4.90 Å². The summed E-state index contributed by atoms with van der Waals surface area (Å²) in [6.45, 7) is 0. The Morgan fingerprint density at radius 2 is 1.82 bits per heavy atom. The van der Waals surface area contributed by atoms with Gasteiger partial charge in [0.1, 0.15) is 0 Å². The van der Waals surface area contributed by atoms with Crippen LogP contribution in [0.15, 0.2) is 64.0 Å². The molecule has 1 aromatic heterocycles. The predicted molar refractivity (Wildman–Crippen MR) is 85.2 cm³/mol. The van der Waals surface area contributed by atoms with Crippen molar-refractivity contribution in [2.24, 2.45) is 0 Å². The molecule has 2 aromatic carbocycles. The number of halogens is 1. The highest BCUT2D eigenvalue weighted by atomic mass is 35.5. The molecule has 0 aliphatic rings. The molecule has 0 spiro atoms. The van der Waals surface area contributed by atoms with Crippen LogP contribution >= 0.6 is 23.4 Å². The van der Waals surface area contributed by atoms with Crippen molar-refractivity contribution in [1.29, 1.82) is 0 Å². The Morgan fingerprint density at radius 3 is 2.55 bits per heavy atom. The van der Waals surface area contributed by atoms with Gasteiger partial charge < -0.3 is 4.52 Å². The second-order valence-electron chi connectivity index (χ2n) is 4.45. The van der Waals surface area contributed by atoms with Crippen molar-refractivity contribution < 1.29 is 9.32 Å². The van der Waals surface area contributed by atoms with E-state index in [-0.39, 0.29) is 11.6 Å². The van der Waals surface area contributed by atoms with E-state index in [1.54, 1.807) is 36.0 Å². The SMILES string of the molecule is O=C(c1ccc(Cl)cc1)c1noc(CSc2ccccc2)n1. The van der Waals surface area contributed by atoms with E-state index in [1.807, 2.05) is 30.3 Å². The molecule has 0 bridgehead atoms. The topological polar surface area (TPSA) is 56.0 Å². The van der Waals surface area contributed by atoms with Gasteiger partial charge >= 0.3 is 0 Å². The number of hydrogen-bond acceptors (Lipinski definition) is 5. The number of carbonyl (C=O) groups excluding carboxylic acids is 1. The van der Waals surface area contributed by atoms with Crippen LogP contribution in [0.4, 0.5) is 0 Å². The van der Waals surface area contributed by atoms with Gasteiger partial charge in [-0.15, -0.1) is 11.8 Å². The lowest BCUT2D eigenvalue weighted by Gasteiger charge is -1.96. The number of rotatable bonds is 5. The lowest BCUT2D eigenvalue weighted by Crippen LogP contribution is -2.03. The van der Waals surface area contributed by atoms with Crippen molar-refractivity contribution in [3.63, 3.8) is 0 Å². The van der Waals surface area contributed by atoms with Gasteiger partial charge in [-0.1, -0.05) is 35.0 Å². The molecule has 0 radical (unpaired) electrons. The fourth-order valence-corrected chi connectivity index (χ4v) is 2.68. The number of thioether (sulfide) groups is 1. The predicted octanol–water partition coefficient (Wildman–Crippen LogP) is 4.25. The van der Waals surface area contributed by atoms with Gasteiger partial charge in [-0.05, 0) is 36.4 Å². The second kappa shape index (κ2) is 6.77. The molecule has 0 atom stereocenters. The average molecular weight is 331 g/mol. The van der Waals surface area contributed by atoms with Crippen molar-refractivity contribution in [2.75, 3.05) is 0 Å². The fourth-order valence-electron chi connectivity index (χ4n) is 1.80. The first-order chi connectivity index (χ1) is 10.7. The molecule has 0 N–H and O–H groups in total. The van der Waals surface area contributed by atoms with Crippen molar-refractivity contribution in [1.82, 2.24) is 10.1 Å². The summed E-state index contributed by atoms with van der Waals surface area (Å²) in [5.74, 6) is 0.721. The minimum atomic E-state index is -0.281. The Balaban J connectivity index is 1.68. The number of hydrogen-bond donors (Lipinski definition) is 0. The summed E-state index contributed by atoms with van der Waals surface area (Å²) >= 11 is 7.37. The maximum Gasteiger partial charge on any atom is 0.243 e. The van der Waals surface area contributed by atoms with Crippen LogP contribution in [0.2, 0.25) is 5.02 Å². The van der Waals surface area contributed by atoms with Gasteiger partial charge in [-0.3, -0.25) is 4.79 Å². The van der Waals surface area contributed by atoms with E-state index in [1.165, 1.54) is 0 Å². The van der Waals surface area contributed by atoms with E-state index < -0.39 is 0 Å². The molecule has 0 amide bonds. The van der Waals surface area contributed by atoms with Gasteiger partial charge in [-0.25, -0.2) is 0 Å². The van der Waals surface area contributed by atoms with Gasteiger partial charge in [0.2, 0.25) is 17.5 Å². The van der Waals surface area contributed by atoms with Crippen LogP contribution in [0.25, 0.3) is 0 Å². The molecule has 0 fully saturated rings. The van der Waals surface area contributed by atoms with E-state index in [4.69, 9.17) is 16.1 Å². The summed E-state index contributed by atoms with van der Waals surface area (Å²) in [6, 6.07) is 16.5. The highest BCUT2D eigenvalue weighted by molar-refractivity contribution is 7.98. The first-order valence-electron chi connectivity index (χ1n) is 6.53. The van der Waals surface area contributed by atoms with Gasteiger partial charge in [0.05, 0.1) is 5.75 Å². The zero-order valence-electron chi connectivity index (χ0n) is 11.4. The summed E-state index contributed by atoms with van der Waals surface area (Å²) in [5.41, 5.74) is 0.479. The molecule has 22 heavy (non-hydrogen) atoms. The number of ketones is 1. The number of benzene rings is 2. The molecule has 1 heterocycles. The Morgan fingerprint density at radius 1 is 1.09 bits per heavy atom. The maximum absolute atomic E-state index is 12.2. The smallest absolute Gasteiger partial charge is 0.243 e. The zero-order chi connectivity index (χ0) is 15.4. The van der Waals surface area contributed by atoms with Crippen LogP contribution < -0.4 is 0 Å². The Kier molecular flexibility index (Phi) is 4.56. The summed E-state index contributed by atoms with van der Waals surface area (Å²) < 4.78 is 5.12. The van der Waals surface area contributed by atoms with Gasteiger partial charge in [0, 0.05) is 15.5 Å². The minimum absolute atomic E-state index is 0.0611. The van der Waals surface area contributed by atoms with Gasteiger partial charge in [0.25, 0.3) is 0 Å². The van der Waals surface area contributed by atoms with Crippen LogP contribution in [0, 0.1) is 0 Å². The van der Waals surface area contributed by atoms with E-state index >= 15 is 0 Å². The molecule has 0 aliphatic carbocycles. The normalized spacial score (nSPS) is 10.6. The van der Waals surface area contributed by atoms with Gasteiger partial charge in [0.15, 0.2) is 0 Å². The fraction of sp³-hybridized carbons (Fsp3) is 0.0625. The van der Waals surface area contributed by atoms with Crippen LogP contribution in [0.3, 0.4) is 0 Å². The first kappa shape index (κ1) is 14.8. The minimum Gasteiger partial charge on any atom is -0.338 e. The number of nitrogens with zero attached hydrogens (tertiary/aromatic N) is 2. The summed E-state index contributed by atoms with van der Waals surface area (Å²) in [6.07, 6.45) is 0. The Labute approximate surface area is 136 Å². The van der Waals surface area contributed by atoms with Crippen LogP contribution in [0.1, 0.15) is 22.1 Å². The lowest BCUT2D eigenvalue weighted by atomic mass is 10.1. The number of aromatic nitrogens is 2. The monoisotopic (exact) mass is 330 g/mol. The molecular weight excluding hydrogens is 320 g/mol. The number of carbonyl (C=O) groups is 1. The third-order valence-electron chi connectivity index (χ3n) is 2.88. The molecule has 3 aromatic rings. The standard InChI is InChI=1S/C16H11ClN2O2S/c17-12-8-6-11(7-9-12)15(20)16-18-14(21-19-16)10-22-13-4-2-1-3-5-13/h1-9H,10H2. The average Bonchev–Trinajstić information content (AvgIpc) is 3.03. The molecule has 4 nitrogen and oxygen atoms in total. The maximum atomic E-state index is 12.2. The quantitative estimate of drug-likeness (QED) is 0.517. The third-order valence-corrected chi connectivity index (χ3v) is 4.13.